The van der Waals surface area contributed by atoms with Gasteiger partial charge in [0.05, 0.1) is 5.56 Å². The lowest BCUT2D eigenvalue weighted by atomic mass is 9.87. The van der Waals surface area contributed by atoms with E-state index in [4.69, 9.17) is 9.47 Å². The van der Waals surface area contributed by atoms with E-state index in [1.807, 2.05) is 12.1 Å². The average Bonchev–Trinajstić information content (AvgIpc) is 2.41. The lowest BCUT2D eigenvalue weighted by Gasteiger charge is -2.27. The van der Waals surface area contributed by atoms with Gasteiger partial charge in [0.15, 0.2) is 5.78 Å². The van der Waals surface area contributed by atoms with Gasteiger partial charge in [-0.1, -0.05) is 72.0 Å². The number of ether oxygens (including phenoxy) is 2. The number of hydrogen-bond acceptors (Lipinski definition) is 4. The maximum absolute atomic E-state index is 12.1. The minimum absolute atomic E-state index is 0.140. The van der Waals surface area contributed by atoms with E-state index >= 15 is 0 Å². The van der Waals surface area contributed by atoms with Gasteiger partial charge >= 0.3 is 6.16 Å². The van der Waals surface area contributed by atoms with Gasteiger partial charge in [-0.2, -0.15) is 0 Å². The van der Waals surface area contributed by atoms with E-state index in [0.717, 1.165) is 12.0 Å². The van der Waals surface area contributed by atoms with Crippen molar-refractivity contribution in [1.29, 1.82) is 0 Å². The Hall–Kier alpha value is -0.380. The summed E-state index contributed by atoms with van der Waals surface area (Å²) in [6.07, 6.45) is 0.182. The van der Waals surface area contributed by atoms with Gasteiger partial charge in [0.1, 0.15) is 11.4 Å². The van der Waals surface area contributed by atoms with Crippen molar-refractivity contribution in [2.45, 2.75) is 73.8 Å². The molecule has 1 aromatic carbocycles. The molecular formula is C20H28I2O4. The Morgan fingerprint density at radius 3 is 2.15 bits per heavy atom. The number of hydrogen-bond donors (Lipinski definition) is 0. The molecule has 0 saturated carbocycles. The molecule has 0 aromatic heterocycles. The number of alkyl halides is 2. The summed E-state index contributed by atoms with van der Waals surface area (Å²) in [5.41, 5.74) is 0.834. The van der Waals surface area contributed by atoms with Crippen LogP contribution in [0.2, 0.25) is 0 Å². The third-order valence-corrected chi connectivity index (χ3v) is 4.96. The van der Waals surface area contributed by atoms with Gasteiger partial charge in [-0.3, -0.25) is 4.79 Å². The van der Waals surface area contributed by atoms with Crippen LogP contribution in [0.15, 0.2) is 18.2 Å². The second-order valence-electron chi connectivity index (χ2n) is 8.09. The lowest BCUT2D eigenvalue weighted by molar-refractivity contribution is 0.0205. The summed E-state index contributed by atoms with van der Waals surface area (Å²) in [6.45, 7) is 13.3. The predicted molar refractivity (Wildman–Crippen MR) is 122 cm³/mol. The highest BCUT2D eigenvalue weighted by Gasteiger charge is 2.27. The van der Waals surface area contributed by atoms with Crippen molar-refractivity contribution in [2.24, 2.45) is 0 Å². The van der Waals surface area contributed by atoms with Crippen LogP contribution in [0.4, 0.5) is 4.79 Å². The number of carbonyl (C=O) groups excluding carboxylic acids is 2. The van der Waals surface area contributed by atoms with E-state index in [9.17, 15) is 9.59 Å². The van der Waals surface area contributed by atoms with Gasteiger partial charge in [0.2, 0.25) is 0 Å². The Balaban J connectivity index is 3.18. The molecule has 0 heterocycles. The number of carbonyl (C=O) groups is 2. The van der Waals surface area contributed by atoms with Crippen LogP contribution in [0.5, 0.6) is 5.75 Å². The van der Waals surface area contributed by atoms with Crippen LogP contribution in [0.3, 0.4) is 0 Å². The van der Waals surface area contributed by atoms with Gasteiger partial charge in [0, 0.05) is 7.35 Å². The first-order valence-corrected chi connectivity index (χ1v) is 10.9. The Bertz CT molecular complexity index is 655. The highest BCUT2D eigenvalue weighted by Crippen LogP contribution is 2.38. The molecule has 2 unspecified atom stereocenters. The van der Waals surface area contributed by atoms with Crippen LogP contribution in [0.1, 0.15) is 76.7 Å². The molecule has 0 radical (unpaired) electrons. The molecule has 0 aliphatic rings. The molecule has 1 rings (SSSR count). The van der Waals surface area contributed by atoms with E-state index in [1.165, 1.54) is 6.92 Å². The van der Waals surface area contributed by atoms with Crippen LogP contribution < -0.4 is 4.74 Å². The minimum atomic E-state index is -0.806. The molecule has 0 aliphatic heterocycles. The number of benzene rings is 1. The largest absolute Gasteiger partial charge is 0.514 e. The van der Waals surface area contributed by atoms with E-state index in [1.54, 1.807) is 26.8 Å². The standard InChI is InChI=1S/C20H28I2O4/c1-12(21)16(11-20(6,7)22)14-8-9-17(15(10-14)13(2)23)25-18(24)26-19(3,4)5/h8-10,12,16H,11H2,1-7H3. The quantitative estimate of drug-likeness (QED) is 0.122. The van der Waals surface area contributed by atoms with Crippen LogP contribution in [-0.4, -0.2) is 24.9 Å². The summed E-state index contributed by atoms with van der Waals surface area (Å²) >= 11 is 4.88. The number of ketones is 1. The van der Waals surface area contributed by atoms with Crippen LogP contribution >= 0.6 is 45.2 Å². The molecular weight excluding hydrogens is 558 g/mol. The van der Waals surface area contributed by atoms with E-state index < -0.39 is 11.8 Å². The molecule has 4 nitrogen and oxygen atoms in total. The third-order valence-electron chi connectivity index (χ3n) is 3.65. The molecule has 146 valence electrons. The minimum Gasteiger partial charge on any atom is -0.428 e. The molecule has 6 heteroatoms. The topological polar surface area (TPSA) is 52.6 Å². The molecule has 1 aromatic rings. The Morgan fingerprint density at radius 1 is 1.15 bits per heavy atom. The zero-order chi connectivity index (χ0) is 20.3. The van der Waals surface area contributed by atoms with Crippen molar-refractivity contribution in [3.63, 3.8) is 0 Å². The molecule has 0 N–H and O–H groups in total. The average molecular weight is 586 g/mol. The van der Waals surface area contributed by atoms with Crippen molar-refractivity contribution >= 4 is 57.1 Å². The zero-order valence-electron chi connectivity index (χ0n) is 16.5. The Labute approximate surface area is 184 Å². The fourth-order valence-corrected chi connectivity index (χ4v) is 3.72. The Morgan fingerprint density at radius 2 is 1.73 bits per heavy atom. The van der Waals surface area contributed by atoms with Crippen LogP contribution in [0.25, 0.3) is 0 Å². The van der Waals surface area contributed by atoms with Crippen LogP contribution in [0, 0.1) is 0 Å². The summed E-state index contributed by atoms with van der Waals surface area (Å²) in [5, 5.41) is 0. The normalized spacial score (nSPS) is 14.5. The third kappa shape index (κ3) is 8.10. The number of Topliss-reactive ketones (excluding diaryl/α,β-unsaturated/α-hetero) is 1. The second-order valence-corrected chi connectivity index (χ2v) is 13.0. The highest BCUT2D eigenvalue weighted by molar-refractivity contribution is 14.1. The van der Waals surface area contributed by atoms with Gasteiger partial charge < -0.3 is 9.47 Å². The van der Waals surface area contributed by atoms with Crippen molar-refractivity contribution in [2.75, 3.05) is 0 Å². The number of halogens is 2. The highest BCUT2D eigenvalue weighted by atomic mass is 127. The van der Waals surface area contributed by atoms with Gasteiger partial charge in [-0.25, -0.2) is 4.79 Å². The molecule has 0 bridgehead atoms. The first-order chi connectivity index (χ1) is 11.7. The van der Waals surface area contributed by atoms with Gasteiger partial charge in [-0.05, 0) is 57.7 Å². The number of rotatable bonds is 6. The monoisotopic (exact) mass is 586 g/mol. The lowest BCUT2D eigenvalue weighted by Crippen LogP contribution is -2.26. The molecule has 26 heavy (non-hydrogen) atoms. The summed E-state index contributed by atoms with van der Waals surface area (Å²) in [7, 11) is 0. The van der Waals surface area contributed by atoms with E-state index in [0.29, 0.717) is 15.4 Å². The van der Waals surface area contributed by atoms with E-state index in [2.05, 4.69) is 66.0 Å². The molecule has 0 spiro atoms. The van der Waals surface area contributed by atoms with Gasteiger partial charge in [0.25, 0.3) is 0 Å². The molecule has 0 aliphatic carbocycles. The SMILES string of the molecule is CC(=O)c1cc(C(CC(C)(C)I)C(C)I)ccc1OC(=O)OC(C)(C)C. The van der Waals surface area contributed by atoms with Crippen molar-refractivity contribution in [1.82, 2.24) is 0 Å². The summed E-state index contributed by atoms with van der Waals surface area (Å²) < 4.78 is 11.0. The second kappa shape index (κ2) is 9.21. The molecule has 0 amide bonds. The predicted octanol–water partition coefficient (Wildman–Crippen LogP) is 6.71. The van der Waals surface area contributed by atoms with Crippen molar-refractivity contribution in [3.8, 4) is 5.75 Å². The molecule has 0 saturated heterocycles. The maximum Gasteiger partial charge on any atom is 0.514 e. The summed E-state index contributed by atoms with van der Waals surface area (Å²) in [4.78, 5) is 24.1. The first kappa shape index (κ1) is 23.7. The smallest absolute Gasteiger partial charge is 0.428 e. The first-order valence-electron chi connectivity index (χ1n) is 8.58. The maximum atomic E-state index is 12.1. The summed E-state index contributed by atoms with van der Waals surface area (Å²) in [5.74, 6) is 0.402. The van der Waals surface area contributed by atoms with Gasteiger partial charge in [-0.15, -0.1) is 0 Å². The summed E-state index contributed by atoms with van der Waals surface area (Å²) in [6, 6.07) is 5.49. The zero-order valence-corrected chi connectivity index (χ0v) is 20.8. The van der Waals surface area contributed by atoms with Crippen molar-refractivity contribution in [3.05, 3.63) is 29.3 Å². The molecule has 0 fully saturated rings. The fourth-order valence-electron chi connectivity index (χ4n) is 2.57. The fraction of sp³-hybridized carbons (Fsp3) is 0.600. The Kier molecular flexibility index (Phi) is 8.38. The van der Waals surface area contributed by atoms with E-state index in [-0.39, 0.29) is 15.0 Å². The van der Waals surface area contributed by atoms with Crippen molar-refractivity contribution < 1.29 is 19.1 Å². The molecule has 2 atom stereocenters. The van der Waals surface area contributed by atoms with Crippen LogP contribution in [-0.2, 0) is 4.74 Å².